The van der Waals surface area contributed by atoms with E-state index < -0.39 is 10.8 Å². The zero-order valence-corrected chi connectivity index (χ0v) is 11.9. The minimum Gasteiger partial charge on any atom is -0.451 e. The van der Waals surface area contributed by atoms with E-state index in [9.17, 15) is 14.9 Å². The highest BCUT2D eigenvalue weighted by atomic mass is 32.1. The first-order valence-electron chi connectivity index (χ1n) is 6.20. The summed E-state index contributed by atoms with van der Waals surface area (Å²) in [7, 11) is 0. The lowest BCUT2D eigenvalue weighted by molar-refractivity contribution is -0.380. The van der Waals surface area contributed by atoms with Crippen molar-refractivity contribution in [2.24, 2.45) is 5.10 Å². The Balaban J connectivity index is 1.68. The fourth-order valence-electron chi connectivity index (χ4n) is 1.81. The minimum absolute atomic E-state index is 0.0186. The fraction of sp³-hybridized carbons (Fsp3) is 0. The number of nitro groups is 1. The number of thiophene rings is 1. The van der Waals surface area contributed by atoms with Crippen molar-refractivity contribution in [2.45, 2.75) is 0 Å². The van der Waals surface area contributed by atoms with Gasteiger partial charge in [0.1, 0.15) is 5.58 Å². The molecular formula is C14H9N3O4S. The van der Waals surface area contributed by atoms with Gasteiger partial charge in [-0.2, -0.15) is 5.10 Å². The summed E-state index contributed by atoms with van der Waals surface area (Å²) in [5, 5.41) is 15.2. The van der Waals surface area contributed by atoms with Crippen molar-refractivity contribution >= 4 is 39.4 Å². The molecule has 3 rings (SSSR count). The second-order valence-corrected chi connectivity index (χ2v) is 5.37. The average molecular weight is 315 g/mol. The van der Waals surface area contributed by atoms with Gasteiger partial charge in [0, 0.05) is 11.5 Å². The molecule has 110 valence electrons. The number of carbonyl (C=O) groups is 1. The highest BCUT2D eigenvalue weighted by molar-refractivity contribution is 7.16. The van der Waals surface area contributed by atoms with Crippen molar-refractivity contribution < 1.29 is 14.1 Å². The molecular weight excluding hydrogens is 306 g/mol. The van der Waals surface area contributed by atoms with E-state index >= 15 is 0 Å². The largest absolute Gasteiger partial charge is 0.451 e. The summed E-state index contributed by atoms with van der Waals surface area (Å²) in [4.78, 5) is 22.5. The van der Waals surface area contributed by atoms with Gasteiger partial charge in [0.2, 0.25) is 0 Å². The van der Waals surface area contributed by atoms with E-state index in [4.69, 9.17) is 4.42 Å². The van der Waals surface area contributed by atoms with E-state index in [-0.39, 0.29) is 10.8 Å². The van der Waals surface area contributed by atoms with Crippen LogP contribution in [-0.4, -0.2) is 17.0 Å². The normalized spacial score (nSPS) is 11.1. The van der Waals surface area contributed by atoms with Crippen LogP contribution in [-0.2, 0) is 0 Å². The third-order valence-corrected chi connectivity index (χ3v) is 3.77. The van der Waals surface area contributed by atoms with Gasteiger partial charge in [0.15, 0.2) is 5.76 Å². The number of nitrogens with one attached hydrogen (secondary N) is 1. The number of furan rings is 1. The van der Waals surface area contributed by atoms with Gasteiger partial charge in [-0.15, -0.1) is 0 Å². The van der Waals surface area contributed by atoms with Crippen molar-refractivity contribution in [2.75, 3.05) is 0 Å². The number of carbonyl (C=O) groups excluding carboxylic acids is 1. The molecule has 8 heteroatoms. The monoisotopic (exact) mass is 315 g/mol. The molecule has 0 radical (unpaired) electrons. The summed E-state index contributed by atoms with van der Waals surface area (Å²) in [6.07, 6.45) is 1.35. The lowest BCUT2D eigenvalue weighted by Gasteiger charge is -1.93. The number of hydrazone groups is 1. The second kappa shape index (κ2) is 5.78. The summed E-state index contributed by atoms with van der Waals surface area (Å²) < 4.78 is 5.40. The molecule has 3 aromatic rings. The van der Waals surface area contributed by atoms with Gasteiger partial charge in [-0.1, -0.05) is 29.5 Å². The molecule has 0 spiro atoms. The topological polar surface area (TPSA) is 97.7 Å². The van der Waals surface area contributed by atoms with Crippen LogP contribution in [0.1, 0.15) is 15.4 Å². The molecule has 0 saturated carbocycles. The highest BCUT2D eigenvalue weighted by Crippen LogP contribution is 2.22. The number of amides is 1. The summed E-state index contributed by atoms with van der Waals surface area (Å²) in [6.45, 7) is 0. The van der Waals surface area contributed by atoms with Gasteiger partial charge < -0.3 is 4.42 Å². The minimum atomic E-state index is -0.487. The molecule has 2 heterocycles. The summed E-state index contributed by atoms with van der Waals surface area (Å²) in [5.74, 6) is -0.339. The third kappa shape index (κ3) is 2.86. The fourth-order valence-corrected chi connectivity index (χ4v) is 2.51. The van der Waals surface area contributed by atoms with Crippen LogP contribution in [0.15, 0.2) is 52.0 Å². The van der Waals surface area contributed by atoms with Gasteiger partial charge >= 0.3 is 10.9 Å². The van der Waals surface area contributed by atoms with Crippen molar-refractivity contribution in [3.05, 3.63) is 63.2 Å². The number of hydrogen-bond donors (Lipinski definition) is 1. The molecule has 1 amide bonds. The molecule has 0 fully saturated rings. The molecule has 1 N–H and O–H groups in total. The Morgan fingerprint density at radius 3 is 2.86 bits per heavy atom. The molecule has 0 saturated heterocycles. The molecule has 22 heavy (non-hydrogen) atoms. The van der Waals surface area contributed by atoms with Crippen LogP contribution in [0.25, 0.3) is 11.0 Å². The Labute approximate surface area is 128 Å². The average Bonchev–Trinajstić information content (AvgIpc) is 3.13. The zero-order valence-electron chi connectivity index (χ0n) is 11.1. The molecule has 2 aromatic heterocycles. The van der Waals surface area contributed by atoms with E-state index in [0.717, 1.165) is 16.7 Å². The number of benzene rings is 1. The number of fused-ring (bicyclic) bond motifs is 1. The maximum Gasteiger partial charge on any atom is 0.324 e. The zero-order chi connectivity index (χ0) is 15.5. The van der Waals surface area contributed by atoms with Crippen molar-refractivity contribution in [1.82, 2.24) is 5.43 Å². The van der Waals surface area contributed by atoms with Crippen LogP contribution in [0.2, 0.25) is 0 Å². The van der Waals surface area contributed by atoms with E-state index in [1.54, 1.807) is 18.2 Å². The molecule has 0 aliphatic rings. The van der Waals surface area contributed by atoms with E-state index in [2.05, 4.69) is 10.5 Å². The third-order valence-electron chi connectivity index (χ3n) is 2.80. The molecule has 0 aliphatic carbocycles. The summed E-state index contributed by atoms with van der Waals surface area (Å²) in [6, 6.07) is 11.8. The molecule has 0 bridgehead atoms. The predicted molar refractivity (Wildman–Crippen MR) is 82.2 cm³/mol. The van der Waals surface area contributed by atoms with E-state index in [1.807, 2.05) is 18.2 Å². The maximum atomic E-state index is 11.9. The van der Waals surface area contributed by atoms with E-state index in [1.165, 1.54) is 12.3 Å². The lowest BCUT2D eigenvalue weighted by Crippen LogP contribution is -2.16. The predicted octanol–water partition coefficient (Wildman–Crippen LogP) is 3.17. The van der Waals surface area contributed by atoms with Crippen molar-refractivity contribution in [3.63, 3.8) is 0 Å². The first-order valence-corrected chi connectivity index (χ1v) is 7.01. The van der Waals surface area contributed by atoms with Gasteiger partial charge in [-0.25, -0.2) is 5.43 Å². The number of rotatable bonds is 4. The van der Waals surface area contributed by atoms with Crippen LogP contribution in [0.4, 0.5) is 5.00 Å². The van der Waals surface area contributed by atoms with Crippen molar-refractivity contribution in [1.29, 1.82) is 0 Å². The van der Waals surface area contributed by atoms with Crippen LogP contribution in [0, 0.1) is 10.1 Å². The van der Waals surface area contributed by atoms with Crippen LogP contribution < -0.4 is 5.43 Å². The molecule has 7 nitrogen and oxygen atoms in total. The van der Waals surface area contributed by atoms with E-state index in [0.29, 0.717) is 10.5 Å². The Bertz CT molecular complexity index is 848. The lowest BCUT2D eigenvalue weighted by atomic mass is 10.2. The molecule has 0 aliphatic heterocycles. The first-order chi connectivity index (χ1) is 10.6. The van der Waals surface area contributed by atoms with Gasteiger partial charge in [-0.3, -0.25) is 14.9 Å². The SMILES string of the molecule is O=C(N/N=C\c1ccc([N+](=O)[O-])s1)c1cc2ccccc2o1. The number of hydrogen-bond acceptors (Lipinski definition) is 6. The van der Waals surface area contributed by atoms with Crippen LogP contribution in [0.5, 0.6) is 0 Å². The second-order valence-electron chi connectivity index (χ2n) is 4.28. The Morgan fingerprint density at radius 2 is 2.14 bits per heavy atom. The summed E-state index contributed by atoms with van der Waals surface area (Å²) in [5.41, 5.74) is 2.94. The Kier molecular flexibility index (Phi) is 3.67. The number of para-hydroxylation sites is 1. The van der Waals surface area contributed by atoms with Crippen molar-refractivity contribution in [3.8, 4) is 0 Å². The highest BCUT2D eigenvalue weighted by Gasteiger charge is 2.11. The van der Waals surface area contributed by atoms with Crippen LogP contribution >= 0.6 is 11.3 Å². The molecule has 0 atom stereocenters. The number of nitrogens with zero attached hydrogens (tertiary/aromatic N) is 2. The molecule has 1 aromatic carbocycles. The van der Waals surface area contributed by atoms with Gasteiger partial charge in [0.25, 0.3) is 0 Å². The standard InChI is InChI=1S/C14H9N3O4S/c18-14(12-7-9-3-1-2-4-11(9)21-12)16-15-8-10-5-6-13(22-10)17(19)20/h1-8H,(H,16,18)/b15-8-. The summed E-state index contributed by atoms with van der Waals surface area (Å²) >= 11 is 0.969. The molecule has 0 unspecified atom stereocenters. The smallest absolute Gasteiger partial charge is 0.324 e. The van der Waals surface area contributed by atoms with Crippen LogP contribution in [0.3, 0.4) is 0 Å². The quantitative estimate of drug-likeness (QED) is 0.454. The Morgan fingerprint density at radius 1 is 1.32 bits per heavy atom. The maximum absolute atomic E-state index is 11.9. The van der Waals surface area contributed by atoms with Gasteiger partial charge in [-0.05, 0) is 18.2 Å². The Hall–Kier alpha value is -3.00. The van der Waals surface area contributed by atoms with Gasteiger partial charge in [0.05, 0.1) is 16.0 Å². The first kappa shape index (κ1) is 14.0.